The van der Waals surface area contributed by atoms with E-state index in [0.29, 0.717) is 30.0 Å². The molecule has 6 heteroatoms. The third kappa shape index (κ3) is 3.95. The van der Waals surface area contributed by atoms with Crippen molar-refractivity contribution in [2.24, 2.45) is 0 Å². The summed E-state index contributed by atoms with van der Waals surface area (Å²) in [6.07, 6.45) is 0.898. The summed E-state index contributed by atoms with van der Waals surface area (Å²) in [5, 5.41) is 4.06. The molecule has 0 bridgehead atoms. The lowest BCUT2D eigenvalue weighted by atomic mass is 10.1. The molecule has 0 amide bonds. The standard InChI is InChI=1S/C15H21ClN2O2.ClH/c1-11-9-17-3-4-18(11)10-12-7-13(16)15-14(8-12)19-5-2-6-20-15;/h7-8,11,17H,2-6,9-10H2,1H3;1H. The number of nitrogens with one attached hydrogen (secondary N) is 1. The summed E-state index contributed by atoms with van der Waals surface area (Å²) in [6.45, 7) is 7.65. The molecule has 2 heterocycles. The Labute approximate surface area is 137 Å². The van der Waals surface area contributed by atoms with Gasteiger partial charge in [-0.15, -0.1) is 12.4 Å². The second-order valence-corrected chi connectivity index (χ2v) is 5.89. The molecule has 21 heavy (non-hydrogen) atoms. The van der Waals surface area contributed by atoms with Crippen LogP contribution in [0.4, 0.5) is 0 Å². The molecular weight excluding hydrogens is 311 g/mol. The summed E-state index contributed by atoms with van der Waals surface area (Å²) in [5.41, 5.74) is 1.19. The third-order valence-electron chi connectivity index (χ3n) is 3.89. The Bertz CT molecular complexity index is 485. The molecular formula is C15H22Cl2N2O2. The van der Waals surface area contributed by atoms with Crippen molar-refractivity contribution in [3.8, 4) is 11.5 Å². The predicted octanol–water partition coefficient (Wildman–Crippen LogP) is 2.72. The van der Waals surface area contributed by atoms with E-state index in [1.165, 1.54) is 5.56 Å². The van der Waals surface area contributed by atoms with Crippen LogP contribution in [0, 0.1) is 0 Å². The van der Waals surface area contributed by atoms with Gasteiger partial charge in [0.15, 0.2) is 11.5 Å². The van der Waals surface area contributed by atoms with Crippen LogP contribution in [0.15, 0.2) is 12.1 Å². The summed E-state index contributed by atoms with van der Waals surface area (Å²) in [4.78, 5) is 2.46. The first kappa shape index (κ1) is 16.7. The second kappa shape index (κ2) is 7.54. The molecule has 118 valence electrons. The maximum absolute atomic E-state index is 6.34. The van der Waals surface area contributed by atoms with Crippen LogP contribution >= 0.6 is 24.0 Å². The second-order valence-electron chi connectivity index (χ2n) is 5.48. The van der Waals surface area contributed by atoms with Gasteiger partial charge in [0.25, 0.3) is 0 Å². The van der Waals surface area contributed by atoms with Gasteiger partial charge in [0.05, 0.1) is 18.2 Å². The lowest BCUT2D eigenvalue weighted by molar-refractivity contribution is 0.165. The molecule has 0 aromatic heterocycles. The van der Waals surface area contributed by atoms with Gasteiger partial charge in [0, 0.05) is 38.6 Å². The Morgan fingerprint density at radius 3 is 2.95 bits per heavy atom. The van der Waals surface area contributed by atoms with Crippen LogP contribution < -0.4 is 14.8 Å². The van der Waals surface area contributed by atoms with Gasteiger partial charge in [0.2, 0.25) is 0 Å². The molecule has 1 aromatic rings. The van der Waals surface area contributed by atoms with Crippen LogP contribution in [0.3, 0.4) is 0 Å². The highest BCUT2D eigenvalue weighted by molar-refractivity contribution is 6.32. The molecule has 0 spiro atoms. The van der Waals surface area contributed by atoms with E-state index in [-0.39, 0.29) is 12.4 Å². The fourth-order valence-corrected chi connectivity index (χ4v) is 3.02. The van der Waals surface area contributed by atoms with E-state index in [9.17, 15) is 0 Å². The SMILES string of the molecule is CC1CNCCN1Cc1cc(Cl)c2c(c1)OCCCO2.Cl. The zero-order valence-electron chi connectivity index (χ0n) is 12.2. The van der Waals surface area contributed by atoms with Crippen LogP contribution in [-0.4, -0.2) is 43.8 Å². The number of halogens is 2. The average Bonchev–Trinajstić information content (AvgIpc) is 2.67. The minimum Gasteiger partial charge on any atom is -0.489 e. The molecule has 1 unspecified atom stereocenters. The summed E-state index contributed by atoms with van der Waals surface area (Å²) in [7, 11) is 0. The molecule has 1 saturated heterocycles. The first-order chi connectivity index (χ1) is 9.74. The van der Waals surface area contributed by atoms with E-state index >= 15 is 0 Å². The van der Waals surface area contributed by atoms with Gasteiger partial charge in [-0.1, -0.05) is 11.6 Å². The van der Waals surface area contributed by atoms with Crippen LogP contribution in [0.5, 0.6) is 11.5 Å². The first-order valence-electron chi connectivity index (χ1n) is 7.27. The number of benzene rings is 1. The normalized spacial score (nSPS) is 22.3. The molecule has 1 aromatic carbocycles. The maximum atomic E-state index is 6.34. The third-order valence-corrected chi connectivity index (χ3v) is 4.17. The van der Waals surface area contributed by atoms with Crippen molar-refractivity contribution in [3.63, 3.8) is 0 Å². The van der Waals surface area contributed by atoms with Crippen molar-refractivity contribution >= 4 is 24.0 Å². The van der Waals surface area contributed by atoms with Gasteiger partial charge in [-0.2, -0.15) is 0 Å². The smallest absolute Gasteiger partial charge is 0.179 e. The highest BCUT2D eigenvalue weighted by Crippen LogP contribution is 2.38. The van der Waals surface area contributed by atoms with E-state index < -0.39 is 0 Å². The van der Waals surface area contributed by atoms with Crippen molar-refractivity contribution in [2.45, 2.75) is 25.9 Å². The fourth-order valence-electron chi connectivity index (χ4n) is 2.73. The summed E-state index contributed by atoms with van der Waals surface area (Å²) < 4.78 is 11.4. The van der Waals surface area contributed by atoms with E-state index in [0.717, 1.165) is 38.3 Å². The van der Waals surface area contributed by atoms with Crippen LogP contribution in [0.25, 0.3) is 0 Å². The molecule has 0 radical (unpaired) electrons. The molecule has 3 rings (SSSR count). The zero-order valence-corrected chi connectivity index (χ0v) is 13.8. The molecule has 1 fully saturated rings. The Morgan fingerprint density at radius 2 is 2.14 bits per heavy atom. The average molecular weight is 333 g/mol. The predicted molar refractivity (Wildman–Crippen MR) is 87.0 cm³/mol. The van der Waals surface area contributed by atoms with Gasteiger partial charge >= 0.3 is 0 Å². The molecule has 2 aliphatic rings. The number of ether oxygens (including phenoxy) is 2. The highest BCUT2D eigenvalue weighted by atomic mass is 35.5. The topological polar surface area (TPSA) is 33.7 Å². The lowest BCUT2D eigenvalue weighted by Gasteiger charge is -2.34. The van der Waals surface area contributed by atoms with E-state index in [1.807, 2.05) is 6.07 Å². The van der Waals surface area contributed by atoms with E-state index in [1.54, 1.807) is 0 Å². The number of rotatable bonds is 2. The number of nitrogens with zero attached hydrogens (tertiary/aromatic N) is 1. The summed E-state index contributed by atoms with van der Waals surface area (Å²) >= 11 is 6.34. The van der Waals surface area contributed by atoms with Crippen molar-refractivity contribution in [2.75, 3.05) is 32.8 Å². The minimum atomic E-state index is 0. The molecule has 1 N–H and O–H groups in total. The Morgan fingerprint density at radius 1 is 1.33 bits per heavy atom. The zero-order chi connectivity index (χ0) is 13.9. The van der Waals surface area contributed by atoms with E-state index in [2.05, 4.69) is 23.2 Å². The Balaban J connectivity index is 0.00000161. The summed E-state index contributed by atoms with van der Waals surface area (Å²) in [5.74, 6) is 1.48. The minimum absolute atomic E-state index is 0. The van der Waals surface area contributed by atoms with Crippen molar-refractivity contribution < 1.29 is 9.47 Å². The van der Waals surface area contributed by atoms with Crippen LogP contribution in [0.2, 0.25) is 5.02 Å². The Hall–Kier alpha value is -0.680. The number of piperazine rings is 1. The number of hydrogen-bond acceptors (Lipinski definition) is 4. The van der Waals surface area contributed by atoms with Gasteiger partial charge in [-0.3, -0.25) is 4.90 Å². The summed E-state index contributed by atoms with van der Waals surface area (Å²) in [6, 6.07) is 4.61. The number of hydrogen-bond donors (Lipinski definition) is 1. The number of fused-ring (bicyclic) bond motifs is 1. The van der Waals surface area contributed by atoms with E-state index in [4.69, 9.17) is 21.1 Å². The van der Waals surface area contributed by atoms with Crippen LogP contribution in [0.1, 0.15) is 18.9 Å². The lowest BCUT2D eigenvalue weighted by Crippen LogP contribution is -2.49. The molecule has 4 nitrogen and oxygen atoms in total. The molecule has 0 aliphatic carbocycles. The fraction of sp³-hybridized carbons (Fsp3) is 0.600. The quantitative estimate of drug-likeness (QED) is 0.902. The molecule has 0 saturated carbocycles. The monoisotopic (exact) mass is 332 g/mol. The molecule has 2 aliphatic heterocycles. The van der Waals surface area contributed by atoms with Crippen molar-refractivity contribution in [3.05, 3.63) is 22.7 Å². The van der Waals surface area contributed by atoms with Gasteiger partial charge in [0.1, 0.15) is 0 Å². The van der Waals surface area contributed by atoms with Gasteiger partial charge < -0.3 is 14.8 Å². The van der Waals surface area contributed by atoms with Gasteiger partial charge in [-0.25, -0.2) is 0 Å². The first-order valence-corrected chi connectivity index (χ1v) is 7.64. The van der Waals surface area contributed by atoms with Crippen molar-refractivity contribution in [1.82, 2.24) is 10.2 Å². The largest absolute Gasteiger partial charge is 0.489 e. The van der Waals surface area contributed by atoms with Crippen LogP contribution in [-0.2, 0) is 6.54 Å². The van der Waals surface area contributed by atoms with Crippen molar-refractivity contribution in [1.29, 1.82) is 0 Å². The maximum Gasteiger partial charge on any atom is 0.179 e. The highest BCUT2D eigenvalue weighted by Gasteiger charge is 2.20. The Kier molecular flexibility index (Phi) is 5.99. The van der Waals surface area contributed by atoms with Gasteiger partial charge in [-0.05, 0) is 24.6 Å². The molecule has 1 atom stereocenters.